The highest BCUT2D eigenvalue weighted by Gasteiger charge is 2.37. The van der Waals surface area contributed by atoms with Gasteiger partial charge in [-0.2, -0.15) is 18.3 Å². The Morgan fingerprint density at radius 1 is 1.28 bits per heavy atom. The molecule has 1 fully saturated rings. The van der Waals surface area contributed by atoms with Crippen molar-refractivity contribution in [2.24, 2.45) is 5.10 Å². The molecule has 0 aromatic heterocycles. The van der Waals surface area contributed by atoms with Gasteiger partial charge in [0.1, 0.15) is 11.5 Å². The first-order valence-electron chi connectivity index (χ1n) is 8.74. The lowest BCUT2D eigenvalue weighted by Crippen LogP contribution is -2.42. The Kier molecular flexibility index (Phi) is 5.82. The lowest BCUT2D eigenvalue weighted by Gasteiger charge is -2.27. The second kappa shape index (κ2) is 8.01. The highest BCUT2D eigenvalue weighted by Crippen LogP contribution is 2.27. The average molecular weight is 433 g/mol. The fraction of sp³-hybridized carbons (Fsp3) is 0.471. The summed E-state index contributed by atoms with van der Waals surface area (Å²) in [7, 11) is -3.25. The summed E-state index contributed by atoms with van der Waals surface area (Å²) in [4.78, 5) is 24.7. The van der Waals surface area contributed by atoms with Crippen molar-refractivity contribution in [1.29, 1.82) is 0 Å². The minimum absolute atomic E-state index is 0.0143. The highest BCUT2D eigenvalue weighted by atomic mass is 32.2. The van der Waals surface area contributed by atoms with E-state index in [2.05, 4.69) is 10.4 Å². The molecule has 2 amide bonds. The summed E-state index contributed by atoms with van der Waals surface area (Å²) < 4.78 is 65.2. The number of amides is 2. The molecule has 29 heavy (non-hydrogen) atoms. The van der Waals surface area contributed by atoms with Gasteiger partial charge in [0.25, 0.3) is 5.91 Å². The van der Waals surface area contributed by atoms with Gasteiger partial charge >= 0.3 is 6.18 Å². The average Bonchev–Trinajstić information content (AvgIpc) is 3.00. The van der Waals surface area contributed by atoms with Crippen LogP contribution in [0.25, 0.3) is 0 Å². The summed E-state index contributed by atoms with van der Waals surface area (Å²) in [6.45, 7) is -1.51. The zero-order valence-electron chi connectivity index (χ0n) is 15.1. The number of carbonyl (C=O) groups excluding carboxylic acids is 2. The number of ether oxygens (including phenoxy) is 1. The van der Waals surface area contributed by atoms with Crippen molar-refractivity contribution in [3.05, 3.63) is 24.3 Å². The monoisotopic (exact) mass is 433 g/mol. The molecule has 1 aromatic carbocycles. The van der Waals surface area contributed by atoms with Gasteiger partial charge in [-0.05, 0) is 18.6 Å². The van der Waals surface area contributed by atoms with E-state index in [0.717, 1.165) is 5.01 Å². The van der Waals surface area contributed by atoms with Gasteiger partial charge in [0.05, 0.1) is 23.2 Å². The van der Waals surface area contributed by atoms with E-state index >= 15 is 0 Å². The maximum atomic E-state index is 12.5. The fourth-order valence-corrected chi connectivity index (χ4v) is 4.73. The lowest BCUT2D eigenvalue weighted by atomic mass is 10.1. The van der Waals surface area contributed by atoms with E-state index in [-0.39, 0.29) is 53.8 Å². The molecule has 1 aromatic rings. The number of hydrogen-bond donors (Lipinski definition) is 1. The van der Waals surface area contributed by atoms with Crippen LogP contribution < -0.4 is 10.1 Å². The smallest absolute Gasteiger partial charge is 0.422 e. The van der Waals surface area contributed by atoms with Gasteiger partial charge in [-0.1, -0.05) is 12.1 Å². The molecule has 0 saturated carbocycles. The van der Waals surface area contributed by atoms with Gasteiger partial charge in [0.2, 0.25) is 5.91 Å². The van der Waals surface area contributed by atoms with E-state index in [1.54, 1.807) is 0 Å². The van der Waals surface area contributed by atoms with Crippen LogP contribution in [-0.4, -0.2) is 61.3 Å². The number of hydrogen-bond acceptors (Lipinski definition) is 6. The number of nitrogens with one attached hydrogen (secondary N) is 1. The normalized spacial score (nSPS) is 21.6. The molecule has 2 heterocycles. The number of alkyl halides is 3. The van der Waals surface area contributed by atoms with Crippen molar-refractivity contribution in [2.75, 3.05) is 23.4 Å². The molecule has 2 aliphatic rings. The number of nitrogens with zero attached hydrogens (tertiary/aromatic N) is 2. The van der Waals surface area contributed by atoms with Crippen LogP contribution in [0.5, 0.6) is 5.75 Å². The minimum atomic E-state index is -4.53. The number of rotatable bonds is 5. The molecule has 1 atom stereocenters. The molecule has 0 radical (unpaired) electrons. The molecule has 1 saturated heterocycles. The molecule has 0 bridgehead atoms. The molecule has 158 valence electrons. The number of hydrazone groups is 1. The Morgan fingerprint density at radius 3 is 2.66 bits per heavy atom. The molecule has 1 N–H and O–H groups in total. The summed E-state index contributed by atoms with van der Waals surface area (Å²) in [5.74, 6) is -1.51. The zero-order valence-corrected chi connectivity index (χ0v) is 15.9. The number of anilines is 1. The summed E-state index contributed by atoms with van der Waals surface area (Å²) in [5, 5.41) is 7.50. The number of sulfone groups is 1. The van der Waals surface area contributed by atoms with Crippen molar-refractivity contribution in [1.82, 2.24) is 5.01 Å². The zero-order chi connectivity index (χ0) is 21.2. The predicted octanol–water partition coefficient (Wildman–Crippen LogP) is 1.73. The molecule has 12 heteroatoms. The fourth-order valence-electron chi connectivity index (χ4n) is 3.04. The summed E-state index contributed by atoms with van der Waals surface area (Å²) in [6, 6.07) is 5.00. The Morgan fingerprint density at radius 2 is 2.00 bits per heavy atom. The first kappa shape index (κ1) is 21.1. The van der Waals surface area contributed by atoms with Gasteiger partial charge in [-0.25, -0.2) is 13.4 Å². The Bertz CT molecular complexity index is 946. The van der Waals surface area contributed by atoms with Gasteiger partial charge in [0.15, 0.2) is 16.4 Å². The van der Waals surface area contributed by atoms with Crippen LogP contribution in [-0.2, 0) is 19.4 Å². The number of benzene rings is 1. The summed E-state index contributed by atoms with van der Waals surface area (Å²) in [5.41, 5.74) is 0.0101. The third kappa shape index (κ3) is 5.46. The van der Waals surface area contributed by atoms with Crippen molar-refractivity contribution >= 4 is 33.1 Å². The molecular formula is C17H18F3N3O5S. The highest BCUT2D eigenvalue weighted by molar-refractivity contribution is 7.91. The maximum absolute atomic E-state index is 12.5. The Balaban J connectivity index is 1.74. The van der Waals surface area contributed by atoms with Crippen LogP contribution in [0.4, 0.5) is 18.9 Å². The minimum Gasteiger partial charge on any atom is -0.482 e. The third-order valence-corrected chi connectivity index (χ3v) is 6.15. The Labute approximate surface area is 164 Å². The number of carbonyl (C=O) groups is 2. The van der Waals surface area contributed by atoms with Crippen molar-refractivity contribution < 1.29 is 35.9 Å². The quantitative estimate of drug-likeness (QED) is 0.762. The number of halogens is 3. The van der Waals surface area contributed by atoms with Crippen LogP contribution in [0.3, 0.4) is 0 Å². The maximum Gasteiger partial charge on any atom is 0.422 e. The predicted molar refractivity (Wildman–Crippen MR) is 97.2 cm³/mol. The van der Waals surface area contributed by atoms with E-state index in [4.69, 9.17) is 4.74 Å². The largest absolute Gasteiger partial charge is 0.482 e. The van der Waals surface area contributed by atoms with Crippen molar-refractivity contribution in [3.63, 3.8) is 0 Å². The van der Waals surface area contributed by atoms with Gasteiger partial charge in [-0.15, -0.1) is 0 Å². The van der Waals surface area contributed by atoms with Crippen LogP contribution >= 0.6 is 0 Å². The molecule has 3 rings (SSSR count). The molecule has 2 aliphatic heterocycles. The van der Waals surface area contributed by atoms with Crippen molar-refractivity contribution in [3.8, 4) is 5.75 Å². The third-order valence-electron chi connectivity index (χ3n) is 4.40. The summed E-state index contributed by atoms with van der Waals surface area (Å²) >= 11 is 0. The number of para-hydroxylation sites is 2. The second-order valence-corrected chi connectivity index (χ2v) is 8.92. The SMILES string of the molecule is O=C(Nc1ccccc1OCC(F)(F)F)C1=NN(C2CCS(=O)(=O)C2)C(=O)CC1. The van der Waals surface area contributed by atoms with E-state index in [1.807, 2.05) is 0 Å². The van der Waals surface area contributed by atoms with Gasteiger partial charge < -0.3 is 10.1 Å². The van der Waals surface area contributed by atoms with Crippen LogP contribution in [0.2, 0.25) is 0 Å². The van der Waals surface area contributed by atoms with Crippen LogP contribution in [0.15, 0.2) is 29.4 Å². The van der Waals surface area contributed by atoms with E-state index in [0.29, 0.717) is 0 Å². The second-order valence-electron chi connectivity index (χ2n) is 6.70. The van der Waals surface area contributed by atoms with Gasteiger partial charge in [0, 0.05) is 12.8 Å². The first-order valence-corrected chi connectivity index (χ1v) is 10.6. The van der Waals surface area contributed by atoms with E-state index in [1.165, 1.54) is 24.3 Å². The first-order chi connectivity index (χ1) is 13.5. The molecule has 1 unspecified atom stereocenters. The lowest BCUT2D eigenvalue weighted by molar-refractivity contribution is -0.153. The van der Waals surface area contributed by atoms with E-state index in [9.17, 15) is 31.2 Å². The Hall–Kier alpha value is -2.63. The van der Waals surface area contributed by atoms with Crippen LogP contribution in [0, 0.1) is 0 Å². The van der Waals surface area contributed by atoms with Gasteiger partial charge in [-0.3, -0.25) is 9.59 Å². The molecule has 0 aliphatic carbocycles. The topological polar surface area (TPSA) is 105 Å². The van der Waals surface area contributed by atoms with Crippen LogP contribution in [0.1, 0.15) is 19.3 Å². The molecule has 8 nitrogen and oxygen atoms in total. The standard InChI is InChI=1S/C17H18F3N3O5S/c18-17(19,20)10-28-14-4-2-1-3-12(14)21-16(25)13-5-6-15(24)23(22-13)11-7-8-29(26,27)9-11/h1-4,11H,5-10H2,(H,21,25). The molecule has 0 spiro atoms. The van der Waals surface area contributed by atoms with Crippen molar-refractivity contribution in [2.45, 2.75) is 31.5 Å². The summed E-state index contributed by atoms with van der Waals surface area (Å²) in [6.07, 6.45) is -4.28. The van der Waals surface area contributed by atoms with E-state index < -0.39 is 34.6 Å². The molecular weight excluding hydrogens is 415 g/mol.